The molecule has 0 spiro atoms. The van der Waals surface area contributed by atoms with Gasteiger partial charge in [0.25, 0.3) is 11.8 Å². The molecule has 8 heteroatoms. The van der Waals surface area contributed by atoms with Crippen molar-refractivity contribution in [2.75, 3.05) is 11.9 Å². The number of benzene rings is 1. The zero-order valence-corrected chi connectivity index (χ0v) is 17.2. The number of aryl methyl sites for hydroxylation is 3. The molecule has 0 aliphatic carbocycles. The third-order valence-electron chi connectivity index (χ3n) is 5.20. The van der Waals surface area contributed by atoms with Crippen LogP contribution in [0.25, 0.3) is 0 Å². The molecule has 31 heavy (non-hydrogen) atoms. The van der Waals surface area contributed by atoms with Gasteiger partial charge >= 0.3 is 0 Å². The summed E-state index contributed by atoms with van der Waals surface area (Å²) in [4.78, 5) is 42.4. The Hall–Kier alpha value is -3.81. The van der Waals surface area contributed by atoms with E-state index in [0.29, 0.717) is 29.9 Å². The molecule has 1 aromatic carbocycles. The summed E-state index contributed by atoms with van der Waals surface area (Å²) in [5.74, 6) is -0.312. The van der Waals surface area contributed by atoms with Crippen molar-refractivity contribution < 1.29 is 14.4 Å². The summed E-state index contributed by atoms with van der Waals surface area (Å²) in [5, 5.41) is 7.12. The highest BCUT2D eigenvalue weighted by atomic mass is 16.2. The van der Waals surface area contributed by atoms with Crippen LogP contribution < -0.4 is 5.32 Å². The Labute approximate surface area is 179 Å². The number of carbonyl (C=O) groups is 3. The molecular weight excluding hydrogens is 394 g/mol. The maximum Gasteiger partial charge on any atom is 0.261 e. The van der Waals surface area contributed by atoms with Crippen molar-refractivity contribution in [2.45, 2.75) is 32.7 Å². The zero-order chi connectivity index (χ0) is 21.8. The standard InChI is InChI=1S/C23H23N5O3/c1-16-4-5-18-19(15-16)23(31)28(22(18)30)12-2-3-21(29)25-20-9-14-27(26-20)13-8-17-6-10-24-11-7-17/h4-7,9-11,14-15H,2-3,8,12-13H2,1H3,(H,25,26,29). The van der Waals surface area contributed by atoms with Crippen molar-refractivity contribution in [3.8, 4) is 0 Å². The van der Waals surface area contributed by atoms with Crippen molar-refractivity contribution >= 4 is 23.5 Å². The van der Waals surface area contributed by atoms with Crippen LogP contribution >= 0.6 is 0 Å². The molecule has 3 heterocycles. The Morgan fingerprint density at radius 1 is 1.00 bits per heavy atom. The fraction of sp³-hybridized carbons (Fsp3) is 0.261. The number of carbonyl (C=O) groups excluding carboxylic acids is 3. The number of aromatic nitrogens is 3. The second-order valence-electron chi connectivity index (χ2n) is 7.53. The molecule has 4 rings (SSSR count). The van der Waals surface area contributed by atoms with Crippen molar-refractivity contribution in [1.29, 1.82) is 0 Å². The van der Waals surface area contributed by atoms with Gasteiger partial charge in [-0.1, -0.05) is 11.6 Å². The quantitative estimate of drug-likeness (QED) is 0.569. The molecule has 3 aromatic rings. The van der Waals surface area contributed by atoms with Crippen LogP contribution in [0.15, 0.2) is 55.0 Å². The highest BCUT2D eigenvalue weighted by Gasteiger charge is 2.34. The fourth-order valence-electron chi connectivity index (χ4n) is 3.56. The lowest BCUT2D eigenvalue weighted by Crippen LogP contribution is -2.31. The van der Waals surface area contributed by atoms with E-state index in [-0.39, 0.29) is 30.7 Å². The number of fused-ring (bicyclic) bond motifs is 1. The van der Waals surface area contributed by atoms with Crippen molar-refractivity contribution in [2.24, 2.45) is 0 Å². The van der Waals surface area contributed by atoms with Crippen LogP contribution in [0.1, 0.15) is 44.7 Å². The lowest BCUT2D eigenvalue weighted by molar-refractivity contribution is -0.116. The number of hydrogen-bond acceptors (Lipinski definition) is 5. The Morgan fingerprint density at radius 3 is 2.58 bits per heavy atom. The van der Waals surface area contributed by atoms with Gasteiger partial charge in [0, 0.05) is 44.2 Å². The largest absolute Gasteiger partial charge is 0.309 e. The minimum atomic E-state index is -0.298. The minimum absolute atomic E-state index is 0.191. The molecule has 0 saturated carbocycles. The van der Waals surface area contributed by atoms with Gasteiger partial charge in [-0.2, -0.15) is 5.10 Å². The first-order valence-electron chi connectivity index (χ1n) is 10.2. The Bertz CT molecular complexity index is 1120. The number of anilines is 1. The molecule has 0 fully saturated rings. The lowest BCUT2D eigenvalue weighted by atomic mass is 10.1. The molecule has 2 aromatic heterocycles. The Morgan fingerprint density at radius 2 is 1.77 bits per heavy atom. The van der Waals surface area contributed by atoms with Gasteiger partial charge in [-0.05, 0) is 49.6 Å². The number of rotatable bonds is 8. The lowest BCUT2D eigenvalue weighted by Gasteiger charge is -2.13. The van der Waals surface area contributed by atoms with E-state index in [1.54, 1.807) is 35.3 Å². The summed E-state index contributed by atoms with van der Waals surface area (Å²) >= 11 is 0. The number of imide groups is 1. The number of pyridine rings is 1. The van der Waals surface area contributed by atoms with Crippen LogP contribution in [0.5, 0.6) is 0 Å². The average molecular weight is 417 g/mol. The molecule has 158 valence electrons. The van der Waals surface area contributed by atoms with E-state index >= 15 is 0 Å². The van der Waals surface area contributed by atoms with Gasteiger partial charge in [0.2, 0.25) is 5.91 Å². The maximum atomic E-state index is 12.5. The van der Waals surface area contributed by atoms with Crippen molar-refractivity contribution in [3.05, 3.63) is 77.2 Å². The van der Waals surface area contributed by atoms with Crippen molar-refractivity contribution in [3.63, 3.8) is 0 Å². The van der Waals surface area contributed by atoms with Gasteiger partial charge in [-0.25, -0.2) is 0 Å². The first kappa shape index (κ1) is 20.5. The molecule has 1 N–H and O–H groups in total. The van der Waals surface area contributed by atoms with Gasteiger partial charge in [-0.3, -0.25) is 28.9 Å². The third-order valence-corrected chi connectivity index (χ3v) is 5.20. The van der Waals surface area contributed by atoms with Gasteiger partial charge in [0.05, 0.1) is 11.1 Å². The Kier molecular flexibility index (Phi) is 5.88. The molecule has 0 atom stereocenters. The minimum Gasteiger partial charge on any atom is -0.309 e. The van der Waals surface area contributed by atoms with Crippen LogP contribution in [0.4, 0.5) is 5.82 Å². The molecular formula is C23H23N5O3. The van der Waals surface area contributed by atoms with Crippen molar-refractivity contribution in [1.82, 2.24) is 19.7 Å². The van der Waals surface area contributed by atoms with E-state index in [0.717, 1.165) is 12.0 Å². The van der Waals surface area contributed by atoms with Crippen LogP contribution in [0.2, 0.25) is 0 Å². The van der Waals surface area contributed by atoms with E-state index in [9.17, 15) is 14.4 Å². The molecule has 1 aliphatic rings. The number of hydrogen-bond donors (Lipinski definition) is 1. The van der Waals surface area contributed by atoms with E-state index in [1.807, 2.05) is 31.3 Å². The number of nitrogens with zero attached hydrogens (tertiary/aromatic N) is 4. The zero-order valence-electron chi connectivity index (χ0n) is 17.2. The summed E-state index contributed by atoms with van der Waals surface area (Å²) in [6.07, 6.45) is 6.73. The summed E-state index contributed by atoms with van der Waals surface area (Å²) in [7, 11) is 0. The van der Waals surface area contributed by atoms with E-state index in [4.69, 9.17) is 0 Å². The van der Waals surface area contributed by atoms with Crippen LogP contribution in [0, 0.1) is 6.92 Å². The van der Waals surface area contributed by atoms with Gasteiger partial charge in [0.15, 0.2) is 5.82 Å². The first-order valence-corrected chi connectivity index (χ1v) is 10.2. The molecule has 0 unspecified atom stereocenters. The topological polar surface area (TPSA) is 97.2 Å². The summed E-state index contributed by atoms with van der Waals surface area (Å²) in [6.45, 7) is 2.78. The maximum absolute atomic E-state index is 12.5. The summed E-state index contributed by atoms with van der Waals surface area (Å²) in [6, 6.07) is 10.9. The molecule has 0 bridgehead atoms. The molecule has 0 radical (unpaired) electrons. The molecule has 3 amide bonds. The fourth-order valence-corrected chi connectivity index (χ4v) is 3.56. The van der Waals surface area contributed by atoms with E-state index < -0.39 is 0 Å². The normalized spacial score (nSPS) is 12.9. The highest BCUT2D eigenvalue weighted by molar-refractivity contribution is 6.21. The summed E-state index contributed by atoms with van der Waals surface area (Å²) < 4.78 is 1.77. The number of amides is 3. The predicted molar refractivity (Wildman–Crippen MR) is 115 cm³/mol. The first-order chi connectivity index (χ1) is 15.0. The summed E-state index contributed by atoms with van der Waals surface area (Å²) in [5.41, 5.74) is 2.96. The van der Waals surface area contributed by atoms with Gasteiger partial charge in [0.1, 0.15) is 0 Å². The predicted octanol–water partition coefficient (Wildman–Crippen LogP) is 2.84. The Balaban J connectivity index is 1.24. The van der Waals surface area contributed by atoms with Crippen LogP contribution in [-0.2, 0) is 17.8 Å². The number of nitrogens with one attached hydrogen (secondary N) is 1. The highest BCUT2D eigenvalue weighted by Crippen LogP contribution is 2.24. The second-order valence-corrected chi connectivity index (χ2v) is 7.53. The second kappa shape index (κ2) is 8.91. The molecule has 0 saturated heterocycles. The van der Waals surface area contributed by atoms with Crippen LogP contribution in [0.3, 0.4) is 0 Å². The van der Waals surface area contributed by atoms with Crippen LogP contribution in [-0.4, -0.2) is 43.9 Å². The SMILES string of the molecule is Cc1ccc2c(c1)C(=O)N(CCCC(=O)Nc1ccn(CCc3ccncc3)n1)C2=O. The van der Waals surface area contributed by atoms with Gasteiger partial charge < -0.3 is 5.32 Å². The monoisotopic (exact) mass is 417 g/mol. The smallest absolute Gasteiger partial charge is 0.261 e. The van der Waals surface area contributed by atoms with E-state index in [2.05, 4.69) is 15.4 Å². The third kappa shape index (κ3) is 4.69. The molecule has 1 aliphatic heterocycles. The average Bonchev–Trinajstić information content (AvgIpc) is 3.30. The van der Waals surface area contributed by atoms with E-state index in [1.165, 1.54) is 10.5 Å². The van der Waals surface area contributed by atoms with Gasteiger partial charge in [-0.15, -0.1) is 0 Å². The molecule has 8 nitrogen and oxygen atoms in total.